The first-order valence-electron chi connectivity index (χ1n) is 6.26. The van der Waals surface area contributed by atoms with Crippen LogP contribution >= 0.6 is 0 Å². The summed E-state index contributed by atoms with van der Waals surface area (Å²) in [6, 6.07) is 6.13. The molecule has 2 N–H and O–H groups in total. The minimum absolute atomic E-state index is 0.324. The van der Waals surface area contributed by atoms with Crippen molar-refractivity contribution in [3.63, 3.8) is 0 Å². The van der Waals surface area contributed by atoms with E-state index in [2.05, 4.69) is 24.8 Å². The molecule has 94 valence electrons. The largest absolute Gasteiger partial charge is 0.398 e. The van der Waals surface area contributed by atoms with Crippen LogP contribution < -0.4 is 10.6 Å². The predicted molar refractivity (Wildman–Crippen MR) is 72.4 cm³/mol. The first-order valence-corrected chi connectivity index (χ1v) is 6.26. The molecule has 2 rings (SSSR count). The summed E-state index contributed by atoms with van der Waals surface area (Å²) in [4.78, 5) is 2.39. The van der Waals surface area contributed by atoms with Crippen molar-refractivity contribution in [3.8, 4) is 0 Å². The zero-order valence-corrected chi connectivity index (χ0v) is 10.9. The van der Waals surface area contributed by atoms with Crippen LogP contribution in [0.4, 0.5) is 11.4 Å². The Kier molecular flexibility index (Phi) is 3.57. The molecule has 1 aliphatic rings. The van der Waals surface area contributed by atoms with Crippen LogP contribution in [0.1, 0.15) is 18.9 Å². The van der Waals surface area contributed by atoms with Crippen molar-refractivity contribution in [3.05, 3.63) is 23.8 Å². The van der Waals surface area contributed by atoms with Crippen molar-refractivity contribution in [1.82, 2.24) is 0 Å². The second-order valence-electron chi connectivity index (χ2n) is 4.98. The van der Waals surface area contributed by atoms with Crippen molar-refractivity contribution >= 4 is 11.4 Å². The van der Waals surface area contributed by atoms with E-state index in [-0.39, 0.29) is 0 Å². The van der Waals surface area contributed by atoms with Crippen LogP contribution in [0.2, 0.25) is 0 Å². The SMILES string of the molecule is COC1CN(c2cccc(N)c2C)CCC1C. The van der Waals surface area contributed by atoms with E-state index in [0.29, 0.717) is 12.0 Å². The van der Waals surface area contributed by atoms with Gasteiger partial charge in [0.05, 0.1) is 6.10 Å². The lowest BCUT2D eigenvalue weighted by atomic mass is 9.95. The first-order chi connectivity index (χ1) is 8.13. The summed E-state index contributed by atoms with van der Waals surface area (Å²) in [7, 11) is 1.80. The fraction of sp³-hybridized carbons (Fsp3) is 0.571. The van der Waals surface area contributed by atoms with Crippen molar-refractivity contribution < 1.29 is 4.74 Å². The van der Waals surface area contributed by atoms with E-state index in [0.717, 1.165) is 18.8 Å². The van der Waals surface area contributed by atoms with E-state index >= 15 is 0 Å². The summed E-state index contributed by atoms with van der Waals surface area (Å²) < 4.78 is 5.55. The molecule has 1 aromatic rings. The van der Waals surface area contributed by atoms with Crippen LogP contribution in [0.5, 0.6) is 0 Å². The van der Waals surface area contributed by atoms with Gasteiger partial charge in [-0.15, -0.1) is 0 Å². The normalized spacial score (nSPS) is 25.0. The number of hydrogen-bond acceptors (Lipinski definition) is 3. The average Bonchev–Trinajstić information content (AvgIpc) is 2.34. The lowest BCUT2D eigenvalue weighted by Crippen LogP contribution is -2.44. The molecule has 0 bridgehead atoms. The number of benzene rings is 1. The molecule has 0 amide bonds. The van der Waals surface area contributed by atoms with E-state index < -0.39 is 0 Å². The Morgan fingerprint density at radius 1 is 1.41 bits per heavy atom. The predicted octanol–water partition coefficient (Wildman–Crippen LogP) is 2.44. The minimum atomic E-state index is 0.324. The minimum Gasteiger partial charge on any atom is -0.398 e. The highest BCUT2D eigenvalue weighted by Gasteiger charge is 2.26. The Labute approximate surface area is 104 Å². The van der Waals surface area contributed by atoms with Crippen LogP contribution in [-0.4, -0.2) is 26.3 Å². The van der Waals surface area contributed by atoms with Gasteiger partial charge in [0.2, 0.25) is 0 Å². The van der Waals surface area contributed by atoms with Crippen LogP contribution in [-0.2, 0) is 4.74 Å². The van der Waals surface area contributed by atoms with Crippen LogP contribution in [0.25, 0.3) is 0 Å². The second-order valence-corrected chi connectivity index (χ2v) is 4.98. The van der Waals surface area contributed by atoms with Gasteiger partial charge in [-0.25, -0.2) is 0 Å². The maximum Gasteiger partial charge on any atom is 0.0772 e. The lowest BCUT2D eigenvalue weighted by molar-refractivity contribution is 0.0498. The number of nitrogen functional groups attached to an aromatic ring is 1. The average molecular weight is 234 g/mol. The number of piperidine rings is 1. The highest BCUT2D eigenvalue weighted by Crippen LogP contribution is 2.29. The molecule has 0 spiro atoms. The Balaban J connectivity index is 2.20. The number of ether oxygens (including phenoxy) is 1. The van der Waals surface area contributed by atoms with Gasteiger partial charge in [-0.2, -0.15) is 0 Å². The molecule has 2 atom stereocenters. The Bertz CT molecular complexity index is 392. The molecule has 1 aliphatic heterocycles. The van der Waals surface area contributed by atoms with Crippen molar-refractivity contribution in [2.75, 3.05) is 30.8 Å². The molecule has 1 saturated heterocycles. The molecule has 1 aromatic carbocycles. The fourth-order valence-corrected chi connectivity index (χ4v) is 2.54. The molecular weight excluding hydrogens is 212 g/mol. The molecule has 0 aromatic heterocycles. The Morgan fingerprint density at radius 2 is 2.18 bits per heavy atom. The summed E-state index contributed by atoms with van der Waals surface area (Å²) >= 11 is 0. The van der Waals surface area contributed by atoms with Gasteiger partial charge in [0.25, 0.3) is 0 Å². The highest BCUT2D eigenvalue weighted by molar-refractivity contribution is 5.64. The number of nitrogens with two attached hydrogens (primary N) is 1. The molecule has 0 saturated carbocycles. The standard InChI is InChI=1S/C14H22N2O/c1-10-7-8-16(9-14(10)17-3)13-6-4-5-12(15)11(13)2/h4-6,10,14H,7-9,15H2,1-3H3. The molecule has 3 heteroatoms. The number of methoxy groups -OCH3 is 1. The molecular formula is C14H22N2O. The zero-order chi connectivity index (χ0) is 12.4. The zero-order valence-electron chi connectivity index (χ0n) is 10.9. The van der Waals surface area contributed by atoms with Gasteiger partial charge < -0.3 is 15.4 Å². The van der Waals surface area contributed by atoms with Gasteiger partial charge in [-0.05, 0) is 37.0 Å². The summed E-state index contributed by atoms with van der Waals surface area (Å²) in [5.74, 6) is 0.637. The van der Waals surface area contributed by atoms with Crippen molar-refractivity contribution in [1.29, 1.82) is 0 Å². The van der Waals surface area contributed by atoms with E-state index in [9.17, 15) is 0 Å². The Morgan fingerprint density at radius 3 is 2.88 bits per heavy atom. The summed E-state index contributed by atoms with van der Waals surface area (Å²) in [6.45, 7) is 6.40. The van der Waals surface area contributed by atoms with Gasteiger partial charge in [0, 0.05) is 31.6 Å². The third-order valence-electron chi connectivity index (χ3n) is 3.88. The molecule has 1 fully saturated rings. The molecule has 2 unspecified atom stereocenters. The number of nitrogens with zero attached hydrogens (tertiary/aromatic N) is 1. The van der Waals surface area contributed by atoms with E-state index in [4.69, 9.17) is 10.5 Å². The van der Waals surface area contributed by atoms with E-state index in [1.165, 1.54) is 17.7 Å². The van der Waals surface area contributed by atoms with Gasteiger partial charge in [0.1, 0.15) is 0 Å². The topological polar surface area (TPSA) is 38.5 Å². The first kappa shape index (κ1) is 12.2. The highest BCUT2D eigenvalue weighted by atomic mass is 16.5. The van der Waals surface area contributed by atoms with Crippen molar-refractivity contribution in [2.24, 2.45) is 5.92 Å². The van der Waals surface area contributed by atoms with Crippen LogP contribution in [0.15, 0.2) is 18.2 Å². The monoisotopic (exact) mass is 234 g/mol. The number of hydrogen-bond donors (Lipinski definition) is 1. The van der Waals surface area contributed by atoms with E-state index in [1.54, 1.807) is 7.11 Å². The maximum absolute atomic E-state index is 5.96. The van der Waals surface area contributed by atoms with E-state index in [1.807, 2.05) is 12.1 Å². The Hall–Kier alpha value is -1.22. The summed E-state index contributed by atoms with van der Waals surface area (Å²) in [5, 5.41) is 0. The summed E-state index contributed by atoms with van der Waals surface area (Å²) in [5.41, 5.74) is 9.26. The summed E-state index contributed by atoms with van der Waals surface area (Å²) in [6.07, 6.45) is 1.50. The maximum atomic E-state index is 5.96. The van der Waals surface area contributed by atoms with Crippen molar-refractivity contribution in [2.45, 2.75) is 26.4 Å². The third kappa shape index (κ3) is 2.39. The fourth-order valence-electron chi connectivity index (χ4n) is 2.54. The van der Waals surface area contributed by atoms with Gasteiger partial charge in [0.15, 0.2) is 0 Å². The van der Waals surface area contributed by atoms with Gasteiger partial charge >= 0.3 is 0 Å². The molecule has 1 heterocycles. The quantitative estimate of drug-likeness (QED) is 0.799. The number of anilines is 2. The van der Waals surface area contributed by atoms with Gasteiger partial charge in [-0.1, -0.05) is 13.0 Å². The van der Waals surface area contributed by atoms with Crippen LogP contribution in [0, 0.1) is 12.8 Å². The molecule has 0 aliphatic carbocycles. The molecule has 0 radical (unpaired) electrons. The smallest absolute Gasteiger partial charge is 0.0772 e. The number of rotatable bonds is 2. The van der Waals surface area contributed by atoms with Crippen LogP contribution in [0.3, 0.4) is 0 Å². The third-order valence-corrected chi connectivity index (χ3v) is 3.88. The van der Waals surface area contributed by atoms with Gasteiger partial charge in [-0.3, -0.25) is 0 Å². The molecule has 17 heavy (non-hydrogen) atoms. The second kappa shape index (κ2) is 4.96. The lowest BCUT2D eigenvalue weighted by Gasteiger charge is -2.38. The molecule has 3 nitrogen and oxygen atoms in total.